The Kier molecular flexibility index (Phi) is 36.5. The van der Waals surface area contributed by atoms with Gasteiger partial charge in [0.05, 0.1) is 0 Å². The van der Waals surface area contributed by atoms with E-state index in [4.69, 9.17) is 0 Å². The summed E-state index contributed by atoms with van der Waals surface area (Å²) in [5.74, 6) is 0. The highest BCUT2D eigenvalue weighted by atomic mass is 14.4. The third-order valence-electron chi connectivity index (χ3n) is 10.2. The van der Waals surface area contributed by atoms with E-state index in [-0.39, 0.29) is 5.41 Å². The molecule has 0 amide bonds. The third kappa shape index (κ3) is 26.9. The van der Waals surface area contributed by atoms with Crippen molar-refractivity contribution in [2.75, 3.05) is 0 Å². The normalized spacial score (nSPS) is 14.4. The summed E-state index contributed by atoms with van der Waals surface area (Å²) in [5.41, 5.74) is 3.34. The lowest BCUT2D eigenvalue weighted by Crippen LogP contribution is -2.24. The van der Waals surface area contributed by atoms with Crippen molar-refractivity contribution in [2.45, 2.75) is 234 Å². The van der Waals surface area contributed by atoms with Gasteiger partial charge in [-0.25, -0.2) is 0 Å². The van der Waals surface area contributed by atoms with Gasteiger partial charge in [0.2, 0.25) is 0 Å². The molecular formula is C49H88. The summed E-state index contributed by atoms with van der Waals surface area (Å²) in [7, 11) is 0. The quantitative estimate of drug-likeness (QED) is 0.0458. The molecule has 0 fully saturated rings. The van der Waals surface area contributed by atoms with E-state index in [0.29, 0.717) is 0 Å². The Hall–Kier alpha value is -1.56. The molecule has 0 aromatic heterocycles. The summed E-state index contributed by atoms with van der Waals surface area (Å²) in [6.07, 6.45) is 64.3. The summed E-state index contributed by atoms with van der Waals surface area (Å²) >= 11 is 0. The van der Waals surface area contributed by atoms with E-state index in [2.05, 4.69) is 102 Å². The Morgan fingerprint density at radius 3 is 1.27 bits per heavy atom. The zero-order chi connectivity index (χ0) is 35.9. The molecule has 0 nitrogen and oxygen atoms in total. The van der Waals surface area contributed by atoms with Crippen LogP contribution in [0.25, 0.3) is 0 Å². The minimum absolute atomic E-state index is 0.00257. The first-order valence-electron chi connectivity index (χ1n) is 22.2. The zero-order valence-corrected chi connectivity index (χ0v) is 34.5. The van der Waals surface area contributed by atoms with E-state index < -0.39 is 0 Å². The molecule has 0 aliphatic carbocycles. The van der Waals surface area contributed by atoms with Gasteiger partial charge in [-0.15, -0.1) is 0 Å². The van der Waals surface area contributed by atoms with Gasteiger partial charge in [-0.1, -0.05) is 216 Å². The minimum Gasteiger partial charge on any atom is -0.0885 e. The van der Waals surface area contributed by atoms with E-state index in [1.165, 1.54) is 173 Å². The zero-order valence-electron chi connectivity index (χ0n) is 34.5. The van der Waals surface area contributed by atoms with Gasteiger partial charge in [0.1, 0.15) is 0 Å². The van der Waals surface area contributed by atoms with Crippen molar-refractivity contribution >= 4 is 0 Å². The van der Waals surface area contributed by atoms with Crippen LogP contribution in [-0.2, 0) is 0 Å². The number of hydrogen-bond acceptors (Lipinski definition) is 0. The maximum atomic E-state index is 2.73. The highest BCUT2D eigenvalue weighted by Gasteiger charge is 2.33. The van der Waals surface area contributed by atoms with Crippen molar-refractivity contribution in [3.63, 3.8) is 0 Å². The lowest BCUT2D eigenvalue weighted by Gasteiger charge is -2.37. The fourth-order valence-corrected chi connectivity index (χ4v) is 6.94. The van der Waals surface area contributed by atoms with E-state index in [9.17, 15) is 0 Å². The van der Waals surface area contributed by atoms with Crippen LogP contribution in [0.3, 0.4) is 0 Å². The Bertz CT molecular complexity index is 860. The van der Waals surface area contributed by atoms with Crippen LogP contribution < -0.4 is 0 Å². The van der Waals surface area contributed by atoms with E-state index in [1.807, 2.05) is 0 Å². The van der Waals surface area contributed by atoms with Crippen LogP contribution in [-0.4, -0.2) is 0 Å². The van der Waals surface area contributed by atoms with Gasteiger partial charge in [0, 0.05) is 5.41 Å². The topological polar surface area (TPSA) is 0 Å². The summed E-state index contributed by atoms with van der Waals surface area (Å²) in [4.78, 5) is 0. The summed E-state index contributed by atoms with van der Waals surface area (Å²) in [6.45, 7) is 13.9. The Morgan fingerprint density at radius 2 is 0.714 bits per heavy atom. The molecule has 1 unspecified atom stereocenters. The van der Waals surface area contributed by atoms with Crippen LogP contribution in [0.5, 0.6) is 0 Å². The standard InChI is InChI=1S/C49H88/c1-7-13-19-24-29-33-38-42-47(41-18-12-6)49(45-39-34-28-23-17-11-5,46-40-35-30-25-20-14-8-2)48(43-36-31-26-21-15-9-3)44-37-32-27-22-16-10-4/h28,31,33-34,36,38,40-41,44,46H,7-27,29-30,32,35,37,39,42-43,45H2,1-6H3/b34-28?,36-31?,38-33?,46-40?,47-41?,48-44+. The summed E-state index contributed by atoms with van der Waals surface area (Å²) in [5, 5.41) is 0. The maximum absolute atomic E-state index is 2.73. The largest absolute Gasteiger partial charge is 0.0885 e. The van der Waals surface area contributed by atoms with Gasteiger partial charge in [-0.2, -0.15) is 0 Å². The molecular weight excluding hydrogens is 589 g/mol. The van der Waals surface area contributed by atoms with E-state index in [1.54, 1.807) is 11.1 Å². The van der Waals surface area contributed by atoms with Crippen LogP contribution in [0, 0.1) is 5.41 Å². The molecule has 0 spiro atoms. The molecule has 284 valence electrons. The Morgan fingerprint density at radius 1 is 0.327 bits per heavy atom. The minimum atomic E-state index is -0.00257. The fourth-order valence-electron chi connectivity index (χ4n) is 6.94. The number of unbranched alkanes of at least 4 members (excludes halogenated alkanes) is 20. The van der Waals surface area contributed by atoms with Crippen molar-refractivity contribution in [2.24, 2.45) is 5.41 Å². The van der Waals surface area contributed by atoms with Gasteiger partial charge in [0.25, 0.3) is 0 Å². The Balaban J connectivity index is 6.83. The molecule has 0 aliphatic rings. The Labute approximate surface area is 310 Å². The lowest BCUT2D eigenvalue weighted by molar-refractivity contribution is 0.477. The molecule has 49 heavy (non-hydrogen) atoms. The molecule has 0 saturated heterocycles. The first-order chi connectivity index (χ1) is 24.2. The van der Waals surface area contributed by atoms with Crippen LogP contribution in [0.2, 0.25) is 0 Å². The van der Waals surface area contributed by atoms with Crippen LogP contribution in [0.15, 0.2) is 71.9 Å². The second-order valence-electron chi connectivity index (χ2n) is 14.9. The maximum Gasteiger partial charge on any atom is 0.0309 e. The molecule has 0 aromatic carbocycles. The number of rotatable bonds is 36. The average molecular weight is 677 g/mol. The predicted octanol–water partition coefficient (Wildman–Crippen LogP) is 17.9. The molecule has 1 atom stereocenters. The smallest absolute Gasteiger partial charge is 0.0309 e. The average Bonchev–Trinajstić information content (AvgIpc) is 3.11. The first-order valence-corrected chi connectivity index (χ1v) is 22.2. The third-order valence-corrected chi connectivity index (χ3v) is 10.2. The van der Waals surface area contributed by atoms with Gasteiger partial charge in [-0.05, 0) is 89.9 Å². The molecule has 0 N–H and O–H groups in total. The van der Waals surface area contributed by atoms with E-state index >= 15 is 0 Å². The van der Waals surface area contributed by atoms with Gasteiger partial charge in [0.15, 0.2) is 0 Å². The molecule has 0 saturated carbocycles. The predicted molar refractivity (Wildman–Crippen MR) is 228 cm³/mol. The van der Waals surface area contributed by atoms with Gasteiger partial charge >= 0.3 is 0 Å². The highest BCUT2D eigenvalue weighted by Crippen LogP contribution is 2.46. The van der Waals surface area contributed by atoms with Gasteiger partial charge in [-0.3, -0.25) is 0 Å². The summed E-state index contributed by atoms with van der Waals surface area (Å²) in [6, 6.07) is 0. The van der Waals surface area contributed by atoms with Crippen molar-refractivity contribution < 1.29 is 0 Å². The van der Waals surface area contributed by atoms with Crippen LogP contribution >= 0.6 is 0 Å². The fraction of sp³-hybridized carbons (Fsp3) is 0.755. The van der Waals surface area contributed by atoms with Crippen LogP contribution in [0.4, 0.5) is 0 Å². The van der Waals surface area contributed by atoms with Crippen LogP contribution in [0.1, 0.15) is 234 Å². The van der Waals surface area contributed by atoms with Crippen molar-refractivity contribution in [1.29, 1.82) is 0 Å². The highest BCUT2D eigenvalue weighted by molar-refractivity contribution is 5.39. The van der Waals surface area contributed by atoms with Gasteiger partial charge < -0.3 is 0 Å². The SMILES string of the molecule is CCCC=C(CC=CCCCCCC)C(C=CCCCCCCC)(CCC=CCCCC)/C(=C/CCCCCCC)CC=CCCCCC. The molecule has 0 bridgehead atoms. The molecule has 0 heteroatoms. The monoisotopic (exact) mass is 677 g/mol. The van der Waals surface area contributed by atoms with Crippen molar-refractivity contribution in [3.8, 4) is 0 Å². The molecule has 0 aliphatic heterocycles. The molecule has 0 heterocycles. The summed E-state index contributed by atoms with van der Waals surface area (Å²) < 4.78 is 0. The molecule has 0 radical (unpaired) electrons. The second kappa shape index (κ2) is 37.7. The number of hydrogen-bond donors (Lipinski definition) is 0. The van der Waals surface area contributed by atoms with E-state index in [0.717, 1.165) is 19.3 Å². The second-order valence-corrected chi connectivity index (χ2v) is 14.9. The van der Waals surface area contributed by atoms with Crippen molar-refractivity contribution in [3.05, 3.63) is 71.9 Å². The van der Waals surface area contributed by atoms with Crippen molar-refractivity contribution in [1.82, 2.24) is 0 Å². The lowest BCUT2D eigenvalue weighted by atomic mass is 9.67. The molecule has 0 aromatic rings. The number of allylic oxidation sites excluding steroid dienone is 12. The first kappa shape index (κ1) is 47.4. The molecule has 0 rings (SSSR count).